The zero-order chi connectivity index (χ0) is 24.9. The van der Waals surface area contributed by atoms with Gasteiger partial charge in [-0.3, -0.25) is 9.59 Å². The highest BCUT2D eigenvalue weighted by Gasteiger charge is 2.43. The predicted molar refractivity (Wildman–Crippen MR) is 118 cm³/mol. The van der Waals surface area contributed by atoms with Crippen LogP contribution < -0.4 is 14.8 Å². The second-order valence-electron chi connectivity index (χ2n) is 8.46. The first-order valence-electron chi connectivity index (χ1n) is 10.6. The van der Waals surface area contributed by atoms with Crippen LogP contribution in [0, 0.1) is 18.7 Å². The molecule has 14 heteroatoms. The number of rotatable bonds is 3. The van der Waals surface area contributed by atoms with Crippen LogP contribution in [0.5, 0.6) is 5.75 Å². The van der Waals surface area contributed by atoms with Crippen LogP contribution in [0.3, 0.4) is 0 Å². The number of likely N-dealkylation sites (tertiary alicyclic amines) is 1. The minimum absolute atomic E-state index is 0.0106. The van der Waals surface area contributed by atoms with Gasteiger partial charge in [-0.05, 0) is 30.7 Å². The highest BCUT2D eigenvalue weighted by Crippen LogP contribution is 2.35. The van der Waals surface area contributed by atoms with Crippen molar-refractivity contribution in [3.05, 3.63) is 53.7 Å². The summed E-state index contributed by atoms with van der Waals surface area (Å²) in [5.41, 5.74) is 0.686. The number of fused-ring (bicyclic) bond motifs is 2. The topological polar surface area (TPSA) is 149 Å². The van der Waals surface area contributed by atoms with Gasteiger partial charge < -0.3 is 24.0 Å². The summed E-state index contributed by atoms with van der Waals surface area (Å²) in [6.07, 6.45) is 2.33. The molecule has 5 rings (SSSR count). The number of halogens is 1. The Balaban J connectivity index is 1.42. The van der Waals surface area contributed by atoms with Crippen molar-refractivity contribution in [2.45, 2.75) is 17.9 Å². The Kier molecular flexibility index (Phi) is 5.56. The van der Waals surface area contributed by atoms with Gasteiger partial charge in [-0.1, -0.05) is 5.16 Å². The molecule has 3 aromatic rings. The van der Waals surface area contributed by atoms with Crippen molar-refractivity contribution in [1.82, 2.24) is 24.3 Å². The molecule has 12 nitrogen and oxygen atoms in total. The molecule has 1 saturated heterocycles. The van der Waals surface area contributed by atoms with Crippen LogP contribution in [0.25, 0.3) is 0 Å². The molecule has 0 aliphatic carbocycles. The highest BCUT2D eigenvalue weighted by atomic mass is 32.2. The largest absolute Gasteiger partial charge is 0.489 e. The molecule has 2 unspecified atom stereocenters. The molecule has 2 aliphatic rings. The summed E-state index contributed by atoms with van der Waals surface area (Å²) in [6, 6.07) is 3.50. The first kappa shape index (κ1) is 23.0. The van der Waals surface area contributed by atoms with Crippen molar-refractivity contribution in [2.75, 3.05) is 25.0 Å². The fourth-order valence-corrected chi connectivity index (χ4v) is 5.77. The summed E-state index contributed by atoms with van der Waals surface area (Å²) in [6.45, 7) is 1.91. The van der Waals surface area contributed by atoms with Crippen molar-refractivity contribution in [3.63, 3.8) is 0 Å². The highest BCUT2D eigenvalue weighted by molar-refractivity contribution is 7.89. The number of ether oxygens (including phenoxy) is 1. The maximum absolute atomic E-state index is 13.6. The van der Waals surface area contributed by atoms with Crippen LogP contribution in [0.2, 0.25) is 0 Å². The van der Waals surface area contributed by atoms with Gasteiger partial charge in [0.1, 0.15) is 10.7 Å². The number of carbonyl (C=O) groups excluding carboxylic acids is 2. The van der Waals surface area contributed by atoms with Crippen LogP contribution in [0.15, 0.2) is 40.2 Å². The normalized spacial score (nSPS) is 20.8. The molecule has 2 N–H and O–H groups in total. The number of aromatic nitrogens is 3. The van der Waals surface area contributed by atoms with E-state index in [1.807, 2.05) is 0 Å². The van der Waals surface area contributed by atoms with Gasteiger partial charge in [-0.15, -0.1) is 0 Å². The molecule has 2 amide bonds. The lowest BCUT2D eigenvalue weighted by atomic mass is 10.1. The van der Waals surface area contributed by atoms with Gasteiger partial charge in [-0.2, -0.15) is 4.98 Å². The lowest BCUT2D eigenvalue weighted by molar-refractivity contribution is 0.0766. The number of hydrogen-bond donors (Lipinski definition) is 2. The second kappa shape index (κ2) is 8.46. The maximum Gasteiger partial charge on any atom is 0.295 e. The standard InChI is InChI=1S/C21H21FN6O6S/c1-11-5-13(3-4-14(11)22)24-20(29)17-18-16(8-27(17)2)35(31,32)26-15-7-28(6-12(15)9-33-18)21(30)19-23-10-34-25-19/h3-5,8,10,12,15,26H,6-7,9H2,1-2H3,(H,24,29). The number of benzene rings is 1. The Bertz CT molecular complexity index is 1420. The number of anilines is 1. The Morgan fingerprint density at radius 1 is 1.29 bits per heavy atom. The molecule has 2 aromatic heterocycles. The molecule has 35 heavy (non-hydrogen) atoms. The zero-order valence-electron chi connectivity index (χ0n) is 18.7. The molecular formula is C21H21FN6O6S. The molecule has 2 aliphatic heterocycles. The van der Waals surface area contributed by atoms with Gasteiger partial charge >= 0.3 is 0 Å². The third-order valence-corrected chi connectivity index (χ3v) is 7.53. The van der Waals surface area contributed by atoms with Crippen molar-refractivity contribution in [1.29, 1.82) is 0 Å². The SMILES string of the molecule is Cc1cc(NC(=O)c2c3c(cn2C)S(=O)(=O)NC2CN(C(=O)c4ncon4)CC2CO3)ccc1F. The first-order valence-corrected chi connectivity index (χ1v) is 12.1. The molecule has 0 spiro atoms. The van der Waals surface area contributed by atoms with E-state index in [4.69, 9.17) is 4.74 Å². The van der Waals surface area contributed by atoms with Crippen LogP contribution in [-0.4, -0.2) is 65.6 Å². The van der Waals surface area contributed by atoms with E-state index in [1.54, 1.807) is 6.92 Å². The minimum Gasteiger partial charge on any atom is -0.489 e. The Labute approximate surface area is 199 Å². The molecule has 2 atom stereocenters. The van der Waals surface area contributed by atoms with Gasteiger partial charge in [0, 0.05) is 44.0 Å². The van der Waals surface area contributed by atoms with Crippen molar-refractivity contribution >= 4 is 27.5 Å². The van der Waals surface area contributed by atoms with Gasteiger partial charge in [-0.25, -0.2) is 17.5 Å². The average Bonchev–Trinajstić information content (AvgIpc) is 3.53. The predicted octanol–water partition coefficient (Wildman–Crippen LogP) is 0.919. The molecule has 184 valence electrons. The molecule has 0 radical (unpaired) electrons. The maximum atomic E-state index is 13.6. The molecule has 0 saturated carbocycles. The van der Waals surface area contributed by atoms with E-state index >= 15 is 0 Å². The number of aryl methyl sites for hydroxylation is 2. The number of sulfonamides is 1. The summed E-state index contributed by atoms with van der Waals surface area (Å²) < 4.78 is 54.5. The third-order valence-electron chi connectivity index (χ3n) is 6.05. The van der Waals surface area contributed by atoms with Crippen LogP contribution in [0.4, 0.5) is 10.1 Å². The summed E-state index contributed by atoms with van der Waals surface area (Å²) in [4.78, 5) is 30.7. The molecule has 4 heterocycles. The summed E-state index contributed by atoms with van der Waals surface area (Å²) in [5, 5.41) is 6.19. The van der Waals surface area contributed by atoms with Crippen molar-refractivity contribution < 1.29 is 31.7 Å². The van der Waals surface area contributed by atoms with Crippen molar-refractivity contribution in [2.24, 2.45) is 13.0 Å². The Morgan fingerprint density at radius 2 is 2.09 bits per heavy atom. The van der Waals surface area contributed by atoms with Crippen LogP contribution >= 0.6 is 0 Å². The van der Waals surface area contributed by atoms with E-state index in [1.165, 1.54) is 40.9 Å². The fourth-order valence-electron chi connectivity index (χ4n) is 4.28. The van der Waals surface area contributed by atoms with E-state index in [-0.39, 0.29) is 47.8 Å². The summed E-state index contributed by atoms with van der Waals surface area (Å²) in [5.74, 6) is -2.13. The zero-order valence-corrected chi connectivity index (χ0v) is 19.5. The monoisotopic (exact) mass is 504 g/mol. The number of hydrogen-bond acceptors (Lipinski definition) is 8. The van der Waals surface area contributed by atoms with Crippen LogP contribution in [-0.2, 0) is 17.1 Å². The molecule has 0 bridgehead atoms. The van der Waals surface area contributed by atoms with Gasteiger partial charge in [0.25, 0.3) is 17.6 Å². The van der Waals surface area contributed by atoms with E-state index in [0.29, 0.717) is 11.3 Å². The quantitative estimate of drug-likeness (QED) is 0.535. The Morgan fingerprint density at radius 3 is 2.80 bits per heavy atom. The van der Waals surface area contributed by atoms with Gasteiger partial charge in [0.2, 0.25) is 16.4 Å². The molecule has 1 fully saturated rings. The number of amides is 2. The van der Waals surface area contributed by atoms with E-state index in [9.17, 15) is 22.4 Å². The lowest BCUT2D eigenvalue weighted by Crippen LogP contribution is -2.43. The van der Waals surface area contributed by atoms with Gasteiger partial charge in [0.15, 0.2) is 11.4 Å². The number of carbonyl (C=O) groups is 2. The summed E-state index contributed by atoms with van der Waals surface area (Å²) >= 11 is 0. The molecular weight excluding hydrogens is 483 g/mol. The van der Waals surface area contributed by atoms with Crippen LogP contribution in [0.1, 0.15) is 26.7 Å². The Hall–Kier alpha value is -3.78. The first-order chi connectivity index (χ1) is 16.6. The lowest BCUT2D eigenvalue weighted by Gasteiger charge is -2.23. The minimum atomic E-state index is -4.09. The number of nitrogens with zero attached hydrogens (tertiary/aromatic N) is 4. The average molecular weight is 505 g/mol. The smallest absolute Gasteiger partial charge is 0.295 e. The summed E-state index contributed by atoms with van der Waals surface area (Å²) in [7, 11) is -2.56. The van der Waals surface area contributed by atoms with Gasteiger partial charge in [0.05, 0.1) is 6.61 Å². The van der Waals surface area contributed by atoms with E-state index in [0.717, 1.165) is 6.39 Å². The van der Waals surface area contributed by atoms with Crippen molar-refractivity contribution in [3.8, 4) is 5.75 Å². The van der Waals surface area contributed by atoms with E-state index < -0.39 is 33.7 Å². The third kappa shape index (κ3) is 4.14. The molecule has 1 aromatic carbocycles. The van der Waals surface area contributed by atoms with E-state index in [2.05, 4.69) is 24.7 Å². The fraction of sp³-hybridized carbons (Fsp3) is 0.333. The number of nitrogens with one attached hydrogen (secondary N) is 2. The second-order valence-corrected chi connectivity index (χ2v) is 10.1.